The average molecular weight is 594 g/mol. The lowest BCUT2D eigenvalue weighted by atomic mass is 10.0. The SMILES string of the molecule is CNc1cc(-n2nc(C)cc2Nc2cc(NC(=O)c3cc(N4CCN(C)CC4C)cc(C(F)(F)F)c3)ccc2C)ncn1. The third kappa shape index (κ3) is 6.72. The van der Waals surface area contributed by atoms with Gasteiger partial charge in [0.25, 0.3) is 5.91 Å². The van der Waals surface area contributed by atoms with E-state index in [0.717, 1.165) is 23.4 Å². The Bertz CT molecular complexity index is 1640. The normalized spacial score (nSPS) is 15.8. The van der Waals surface area contributed by atoms with Crippen LogP contribution in [-0.2, 0) is 6.18 Å². The summed E-state index contributed by atoms with van der Waals surface area (Å²) in [6.45, 7) is 7.72. The van der Waals surface area contributed by atoms with Crippen LogP contribution in [-0.4, -0.2) is 70.3 Å². The summed E-state index contributed by atoms with van der Waals surface area (Å²) in [6, 6.07) is 12.4. The summed E-state index contributed by atoms with van der Waals surface area (Å²) in [4.78, 5) is 25.9. The molecule has 1 unspecified atom stereocenters. The molecular formula is C30H34F3N9O. The first-order valence-electron chi connectivity index (χ1n) is 13.8. The van der Waals surface area contributed by atoms with E-state index in [1.165, 1.54) is 12.4 Å². The van der Waals surface area contributed by atoms with Crippen LogP contribution in [0.5, 0.6) is 0 Å². The summed E-state index contributed by atoms with van der Waals surface area (Å²) in [6.07, 6.45) is -3.16. The van der Waals surface area contributed by atoms with Gasteiger partial charge in [0.15, 0.2) is 5.82 Å². The average Bonchev–Trinajstić information content (AvgIpc) is 3.33. The maximum atomic E-state index is 13.9. The molecule has 1 aliphatic heterocycles. The van der Waals surface area contributed by atoms with Gasteiger partial charge in [-0.3, -0.25) is 4.79 Å². The number of benzene rings is 2. The molecule has 13 heteroatoms. The van der Waals surface area contributed by atoms with Gasteiger partial charge in [-0.15, -0.1) is 0 Å². The van der Waals surface area contributed by atoms with Gasteiger partial charge in [-0.1, -0.05) is 6.07 Å². The monoisotopic (exact) mass is 593 g/mol. The molecule has 0 bridgehead atoms. The number of piperazine rings is 1. The first-order chi connectivity index (χ1) is 20.4. The second kappa shape index (κ2) is 11.9. The summed E-state index contributed by atoms with van der Waals surface area (Å²) < 4.78 is 43.3. The van der Waals surface area contributed by atoms with E-state index < -0.39 is 17.6 Å². The fourth-order valence-corrected chi connectivity index (χ4v) is 5.13. The molecule has 0 aliphatic carbocycles. The van der Waals surface area contributed by atoms with E-state index in [9.17, 15) is 18.0 Å². The van der Waals surface area contributed by atoms with Gasteiger partial charge in [-0.05, 0) is 63.7 Å². The zero-order valence-corrected chi connectivity index (χ0v) is 24.6. The number of nitrogens with zero attached hydrogens (tertiary/aromatic N) is 6. The highest BCUT2D eigenvalue weighted by atomic mass is 19.4. The van der Waals surface area contributed by atoms with Crippen molar-refractivity contribution in [1.82, 2.24) is 24.6 Å². The Kier molecular flexibility index (Phi) is 8.27. The lowest BCUT2D eigenvalue weighted by Gasteiger charge is -2.40. The zero-order valence-electron chi connectivity index (χ0n) is 24.6. The molecule has 4 aromatic rings. The van der Waals surface area contributed by atoms with Crippen LogP contribution in [0.4, 0.5) is 41.9 Å². The molecule has 1 saturated heterocycles. The molecule has 3 heterocycles. The number of alkyl halides is 3. The van der Waals surface area contributed by atoms with Gasteiger partial charge in [0.05, 0.1) is 11.3 Å². The number of aryl methyl sites for hydroxylation is 2. The quantitative estimate of drug-likeness (QED) is 0.259. The van der Waals surface area contributed by atoms with E-state index in [1.807, 2.05) is 44.9 Å². The Labute approximate surface area is 247 Å². The van der Waals surface area contributed by atoms with Gasteiger partial charge in [0.2, 0.25) is 0 Å². The van der Waals surface area contributed by atoms with E-state index in [4.69, 9.17) is 0 Å². The number of carbonyl (C=O) groups is 1. The van der Waals surface area contributed by atoms with Crippen molar-refractivity contribution in [2.45, 2.75) is 33.0 Å². The topological polar surface area (TPSA) is 103 Å². The summed E-state index contributed by atoms with van der Waals surface area (Å²) in [5.74, 6) is 1.18. The van der Waals surface area contributed by atoms with E-state index in [-0.39, 0.29) is 11.6 Å². The van der Waals surface area contributed by atoms with Crippen LogP contribution in [0.2, 0.25) is 0 Å². The van der Waals surface area contributed by atoms with Gasteiger partial charge >= 0.3 is 6.18 Å². The molecule has 0 spiro atoms. The largest absolute Gasteiger partial charge is 0.416 e. The third-order valence-corrected chi connectivity index (χ3v) is 7.39. The summed E-state index contributed by atoms with van der Waals surface area (Å²) in [5.41, 5.74) is 2.19. The third-order valence-electron chi connectivity index (χ3n) is 7.39. The summed E-state index contributed by atoms with van der Waals surface area (Å²) in [5, 5.41) is 13.7. The van der Waals surface area contributed by atoms with E-state index in [0.29, 0.717) is 54.2 Å². The van der Waals surface area contributed by atoms with Crippen LogP contribution in [0.25, 0.3) is 5.82 Å². The number of nitrogens with one attached hydrogen (secondary N) is 3. The number of halogens is 3. The molecule has 5 rings (SSSR count). The minimum Gasteiger partial charge on any atom is -0.373 e. The number of hydrogen-bond acceptors (Lipinski definition) is 8. The Morgan fingerprint density at radius 3 is 2.53 bits per heavy atom. The Morgan fingerprint density at radius 2 is 1.81 bits per heavy atom. The number of anilines is 5. The first-order valence-corrected chi connectivity index (χ1v) is 13.8. The Balaban J connectivity index is 1.42. The van der Waals surface area contributed by atoms with Crippen molar-refractivity contribution >= 4 is 34.6 Å². The van der Waals surface area contributed by atoms with Crippen molar-refractivity contribution < 1.29 is 18.0 Å². The fraction of sp³-hybridized carbons (Fsp3) is 0.333. The molecular weight excluding hydrogens is 559 g/mol. The van der Waals surface area contributed by atoms with Gasteiger partial charge in [0.1, 0.15) is 18.0 Å². The molecule has 226 valence electrons. The predicted octanol–water partition coefficient (Wildman–Crippen LogP) is 5.48. The van der Waals surface area contributed by atoms with Crippen molar-refractivity contribution in [1.29, 1.82) is 0 Å². The molecule has 3 N–H and O–H groups in total. The Hall–Kier alpha value is -4.65. The highest BCUT2D eigenvalue weighted by molar-refractivity contribution is 6.05. The van der Waals surface area contributed by atoms with Gasteiger partial charge < -0.3 is 25.8 Å². The van der Waals surface area contributed by atoms with E-state index >= 15 is 0 Å². The minimum atomic E-state index is -4.60. The van der Waals surface area contributed by atoms with Gasteiger partial charge in [-0.25, -0.2) is 9.97 Å². The number of hydrogen-bond donors (Lipinski definition) is 3. The van der Waals surface area contributed by atoms with Crippen LogP contribution >= 0.6 is 0 Å². The molecule has 0 saturated carbocycles. The van der Waals surface area contributed by atoms with Crippen LogP contribution in [0.1, 0.15) is 34.1 Å². The summed E-state index contributed by atoms with van der Waals surface area (Å²) in [7, 11) is 3.74. The fourth-order valence-electron chi connectivity index (χ4n) is 5.13. The number of aromatic nitrogens is 4. The van der Waals surface area contributed by atoms with Crippen molar-refractivity contribution in [3.63, 3.8) is 0 Å². The molecule has 1 fully saturated rings. The van der Waals surface area contributed by atoms with Gasteiger partial charge in [0, 0.05) is 67.5 Å². The first kappa shape index (κ1) is 29.8. The molecule has 10 nitrogen and oxygen atoms in total. The maximum absolute atomic E-state index is 13.9. The smallest absolute Gasteiger partial charge is 0.373 e. The van der Waals surface area contributed by atoms with Crippen LogP contribution in [0, 0.1) is 13.8 Å². The molecule has 1 aliphatic rings. The van der Waals surface area contributed by atoms with Crippen molar-refractivity contribution in [3.05, 3.63) is 77.2 Å². The van der Waals surface area contributed by atoms with Crippen LogP contribution in [0.3, 0.4) is 0 Å². The molecule has 0 radical (unpaired) electrons. The Morgan fingerprint density at radius 1 is 1.02 bits per heavy atom. The minimum absolute atomic E-state index is 0.00637. The highest BCUT2D eigenvalue weighted by Crippen LogP contribution is 2.34. The van der Waals surface area contributed by atoms with E-state index in [1.54, 1.807) is 29.9 Å². The highest BCUT2D eigenvalue weighted by Gasteiger charge is 2.33. The second-order valence-corrected chi connectivity index (χ2v) is 10.8. The number of carbonyl (C=O) groups excluding carboxylic acids is 1. The number of amides is 1. The lowest BCUT2D eigenvalue weighted by Crippen LogP contribution is -2.50. The van der Waals surface area contributed by atoms with Crippen molar-refractivity contribution in [2.24, 2.45) is 0 Å². The summed E-state index contributed by atoms with van der Waals surface area (Å²) >= 11 is 0. The van der Waals surface area contributed by atoms with E-state index in [2.05, 4.69) is 35.9 Å². The number of likely N-dealkylation sites (N-methyl/N-ethyl adjacent to an activating group) is 1. The molecule has 2 aromatic carbocycles. The van der Waals surface area contributed by atoms with Crippen LogP contribution < -0.4 is 20.9 Å². The van der Waals surface area contributed by atoms with Crippen LogP contribution in [0.15, 0.2) is 54.9 Å². The molecule has 1 amide bonds. The number of rotatable bonds is 7. The van der Waals surface area contributed by atoms with Crippen molar-refractivity contribution in [2.75, 3.05) is 54.6 Å². The van der Waals surface area contributed by atoms with Gasteiger partial charge in [-0.2, -0.15) is 23.0 Å². The zero-order chi connectivity index (χ0) is 30.9. The molecule has 43 heavy (non-hydrogen) atoms. The standard InChI is InChI=1S/C30H34F3N9O/c1-18-6-7-23(14-25(18)38-28-10-19(2)39-42(28)27-15-26(34-4)35-17-36-27)37-29(43)21-11-22(30(31,32)33)13-24(12-21)41-9-8-40(5)16-20(41)3/h6-7,10-15,17,20,38H,8-9,16H2,1-5H3,(H,37,43)(H,34,35,36). The molecule has 1 atom stereocenters. The van der Waals surface area contributed by atoms with Crippen molar-refractivity contribution in [3.8, 4) is 5.82 Å². The molecule has 2 aromatic heterocycles. The lowest BCUT2D eigenvalue weighted by molar-refractivity contribution is -0.137. The second-order valence-electron chi connectivity index (χ2n) is 10.8. The predicted molar refractivity (Wildman–Crippen MR) is 162 cm³/mol. The maximum Gasteiger partial charge on any atom is 0.416 e.